The van der Waals surface area contributed by atoms with Crippen LogP contribution >= 0.6 is 0 Å². The first-order valence-electron chi connectivity index (χ1n) is 7.45. The van der Waals surface area contributed by atoms with Gasteiger partial charge in [0.2, 0.25) is 0 Å². The maximum atomic E-state index is 11.4. The second kappa shape index (κ2) is 15.0. The summed E-state index contributed by atoms with van der Waals surface area (Å²) in [5, 5.41) is 16.9. The number of nitrogens with zero attached hydrogens (tertiary/aromatic N) is 2. The van der Waals surface area contributed by atoms with Crippen LogP contribution in [0.3, 0.4) is 0 Å². The third-order valence-corrected chi connectivity index (χ3v) is 2.63. The number of hydrogen-bond donors (Lipinski definition) is 0. The summed E-state index contributed by atoms with van der Waals surface area (Å²) in [5.74, 6) is -0.467. The molecule has 0 aromatic carbocycles. The fraction of sp³-hybridized carbons (Fsp3) is 0.688. The second-order valence-corrected chi connectivity index (χ2v) is 4.70. The van der Waals surface area contributed by atoms with Crippen molar-refractivity contribution in [1.29, 1.82) is 10.5 Å². The largest absolute Gasteiger partial charge is 0.460 e. The van der Waals surface area contributed by atoms with Crippen molar-refractivity contribution in [3.63, 3.8) is 0 Å². The van der Waals surface area contributed by atoms with Crippen LogP contribution in [0.15, 0.2) is 12.2 Å². The predicted octanol–water partition coefficient (Wildman–Crippen LogP) is 1.74. The van der Waals surface area contributed by atoms with E-state index in [1.165, 1.54) is 0 Å². The van der Waals surface area contributed by atoms with E-state index in [-0.39, 0.29) is 25.7 Å². The van der Waals surface area contributed by atoms with E-state index >= 15 is 0 Å². The van der Waals surface area contributed by atoms with Crippen molar-refractivity contribution < 1.29 is 23.7 Å². The number of hydrogen-bond acceptors (Lipinski definition) is 7. The van der Waals surface area contributed by atoms with Crippen LogP contribution in [-0.4, -0.2) is 51.7 Å². The number of nitriles is 2. The van der Waals surface area contributed by atoms with E-state index in [4.69, 9.17) is 29.5 Å². The lowest BCUT2D eigenvalue weighted by molar-refractivity contribution is -0.143. The number of carbonyl (C=O) groups excluding carboxylic acids is 1. The highest BCUT2D eigenvalue weighted by Crippen LogP contribution is 2.04. The molecular formula is C16H24N2O5. The molecule has 0 amide bonds. The normalized spacial score (nSPS) is 11.3. The smallest absolute Gasteiger partial charge is 0.333 e. The molecule has 128 valence electrons. The first-order chi connectivity index (χ1) is 11.1. The average Bonchev–Trinajstić information content (AvgIpc) is 2.54. The SMILES string of the molecule is C=C(C)C(=O)OCC(CCOCCOCCC#N)OCCC#N. The van der Waals surface area contributed by atoms with Gasteiger partial charge in [0.05, 0.1) is 57.5 Å². The van der Waals surface area contributed by atoms with Crippen LogP contribution in [0.25, 0.3) is 0 Å². The van der Waals surface area contributed by atoms with Crippen LogP contribution in [0.5, 0.6) is 0 Å². The summed E-state index contributed by atoms with van der Waals surface area (Å²) in [6, 6.07) is 3.98. The van der Waals surface area contributed by atoms with Gasteiger partial charge < -0.3 is 18.9 Å². The van der Waals surface area contributed by atoms with E-state index in [1.807, 2.05) is 12.1 Å². The van der Waals surface area contributed by atoms with Crippen LogP contribution in [0.1, 0.15) is 26.2 Å². The molecule has 0 aliphatic heterocycles. The Bertz CT molecular complexity index is 425. The van der Waals surface area contributed by atoms with E-state index in [0.717, 1.165) is 0 Å². The summed E-state index contributed by atoms with van der Waals surface area (Å²) >= 11 is 0. The van der Waals surface area contributed by atoms with Gasteiger partial charge in [0, 0.05) is 18.6 Å². The molecule has 0 rings (SSSR count). The summed E-state index contributed by atoms with van der Waals surface area (Å²) in [6.07, 6.45) is 0.847. The van der Waals surface area contributed by atoms with E-state index in [0.29, 0.717) is 44.8 Å². The molecule has 0 saturated heterocycles. The van der Waals surface area contributed by atoms with Crippen LogP contribution < -0.4 is 0 Å². The van der Waals surface area contributed by atoms with Crippen molar-refractivity contribution in [2.45, 2.75) is 32.3 Å². The summed E-state index contributed by atoms with van der Waals surface area (Å²) in [5.41, 5.74) is 0.326. The average molecular weight is 324 g/mol. The molecule has 0 bridgehead atoms. The lowest BCUT2D eigenvalue weighted by Crippen LogP contribution is -2.25. The van der Waals surface area contributed by atoms with Crippen molar-refractivity contribution in [3.8, 4) is 12.1 Å². The third-order valence-electron chi connectivity index (χ3n) is 2.63. The van der Waals surface area contributed by atoms with Crippen molar-refractivity contribution in [2.24, 2.45) is 0 Å². The highest BCUT2D eigenvalue weighted by atomic mass is 16.6. The number of ether oxygens (including phenoxy) is 4. The summed E-state index contributed by atoms with van der Waals surface area (Å²) in [6.45, 7) is 7.12. The van der Waals surface area contributed by atoms with Gasteiger partial charge in [-0.2, -0.15) is 10.5 Å². The monoisotopic (exact) mass is 324 g/mol. The zero-order valence-corrected chi connectivity index (χ0v) is 13.6. The fourth-order valence-corrected chi connectivity index (χ4v) is 1.43. The van der Waals surface area contributed by atoms with Crippen LogP contribution in [-0.2, 0) is 23.7 Å². The standard InChI is InChI=1S/C16H24N2O5/c1-14(2)16(19)23-13-15(22-9-4-7-18)5-10-21-12-11-20-8-3-6-17/h15H,1,3-5,8-13H2,2H3. The Hall–Kier alpha value is -1.93. The van der Waals surface area contributed by atoms with Gasteiger partial charge in [-0.3, -0.25) is 0 Å². The minimum absolute atomic E-state index is 0.0964. The minimum Gasteiger partial charge on any atom is -0.460 e. The van der Waals surface area contributed by atoms with Crippen molar-refractivity contribution in [3.05, 3.63) is 12.2 Å². The molecule has 0 aliphatic rings. The van der Waals surface area contributed by atoms with Crippen LogP contribution in [0.4, 0.5) is 0 Å². The zero-order chi connectivity index (χ0) is 17.3. The van der Waals surface area contributed by atoms with Gasteiger partial charge in [0.15, 0.2) is 0 Å². The Kier molecular flexibility index (Phi) is 13.7. The number of carbonyl (C=O) groups is 1. The van der Waals surface area contributed by atoms with Gasteiger partial charge in [0.25, 0.3) is 0 Å². The number of esters is 1. The van der Waals surface area contributed by atoms with E-state index in [9.17, 15) is 4.79 Å². The molecule has 0 spiro atoms. The molecule has 0 saturated carbocycles. The Morgan fingerprint density at radius 3 is 2.26 bits per heavy atom. The molecule has 23 heavy (non-hydrogen) atoms. The molecule has 0 aromatic rings. The molecule has 1 unspecified atom stereocenters. The third kappa shape index (κ3) is 13.5. The van der Waals surface area contributed by atoms with Crippen LogP contribution in [0, 0.1) is 22.7 Å². The Labute approximate surface area is 137 Å². The minimum atomic E-state index is -0.467. The zero-order valence-electron chi connectivity index (χ0n) is 13.6. The van der Waals surface area contributed by atoms with Crippen molar-refractivity contribution in [2.75, 3.05) is 39.6 Å². The van der Waals surface area contributed by atoms with Gasteiger partial charge in [-0.05, 0) is 6.92 Å². The second-order valence-electron chi connectivity index (χ2n) is 4.70. The van der Waals surface area contributed by atoms with E-state index in [1.54, 1.807) is 6.92 Å². The molecular weight excluding hydrogens is 300 g/mol. The maximum Gasteiger partial charge on any atom is 0.333 e. The molecule has 0 fully saturated rings. The van der Waals surface area contributed by atoms with Crippen molar-refractivity contribution in [1.82, 2.24) is 0 Å². The lowest BCUT2D eigenvalue weighted by atomic mass is 10.2. The summed E-state index contributed by atoms with van der Waals surface area (Å²) in [7, 11) is 0. The first kappa shape index (κ1) is 21.1. The highest BCUT2D eigenvalue weighted by molar-refractivity contribution is 5.86. The summed E-state index contributed by atoms with van der Waals surface area (Å²) in [4.78, 5) is 11.4. The van der Waals surface area contributed by atoms with Gasteiger partial charge >= 0.3 is 5.97 Å². The quantitative estimate of drug-likeness (QED) is 0.272. The predicted molar refractivity (Wildman–Crippen MR) is 82.2 cm³/mol. The Morgan fingerprint density at radius 2 is 1.65 bits per heavy atom. The summed E-state index contributed by atoms with van der Waals surface area (Å²) < 4.78 is 21.1. The van der Waals surface area contributed by atoms with E-state index < -0.39 is 5.97 Å². The lowest BCUT2D eigenvalue weighted by Gasteiger charge is -2.17. The fourth-order valence-electron chi connectivity index (χ4n) is 1.43. The molecule has 7 heteroatoms. The van der Waals surface area contributed by atoms with Gasteiger partial charge in [-0.25, -0.2) is 4.79 Å². The van der Waals surface area contributed by atoms with Crippen LogP contribution in [0.2, 0.25) is 0 Å². The molecule has 0 aliphatic carbocycles. The van der Waals surface area contributed by atoms with Gasteiger partial charge in [-0.15, -0.1) is 0 Å². The number of rotatable bonds is 14. The maximum absolute atomic E-state index is 11.4. The molecule has 0 N–H and O–H groups in total. The molecule has 1 atom stereocenters. The first-order valence-corrected chi connectivity index (χ1v) is 7.45. The highest BCUT2D eigenvalue weighted by Gasteiger charge is 2.13. The molecule has 0 radical (unpaired) electrons. The molecule has 0 aromatic heterocycles. The Balaban J connectivity index is 3.88. The van der Waals surface area contributed by atoms with Crippen molar-refractivity contribution >= 4 is 5.97 Å². The topological polar surface area (TPSA) is 102 Å². The molecule has 7 nitrogen and oxygen atoms in total. The van der Waals surface area contributed by atoms with E-state index in [2.05, 4.69) is 6.58 Å². The molecule has 0 heterocycles. The Morgan fingerprint density at radius 1 is 1.04 bits per heavy atom. The van der Waals surface area contributed by atoms with Gasteiger partial charge in [-0.1, -0.05) is 6.58 Å². The van der Waals surface area contributed by atoms with Gasteiger partial charge in [0.1, 0.15) is 6.61 Å².